The molecule has 0 saturated carbocycles. The molecule has 0 heterocycles. The molecule has 0 aromatic carbocycles. The van der Waals surface area contributed by atoms with E-state index in [0.29, 0.717) is 25.6 Å². The smallest absolute Gasteiger partial charge is 0.307 e. The molecule has 0 aliphatic carbocycles. The van der Waals surface area contributed by atoms with Crippen LogP contribution in [0.3, 0.4) is 0 Å². The molecule has 0 aliphatic heterocycles. The molecular formula is C25H49NO5. The van der Waals surface area contributed by atoms with Gasteiger partial charge in [-0.2, -0.15) is 0 Å². The molecule has 1 N–H and O–H groups in total. The molecule has 0 rings (SSSR count). The maximum Gasteiger partial charge on any atom is 0.307 e. The lowest BCUT2D eigenvalue weighted by molar-refractivity contribution is -0.144. The van der Waals surface area contributed by atoms with Crippen molar-refractivity contribution in [3.8, 4) is 0 Å². The lowest BCUT2D eigenvalue weighted by Crippen LogP contribution is -2.41. The van der Waals surface area contributed by atoms with Crippen molar-refractivity contribution in [2.75, 3.05) is 33.4 Å². The summed E-state index contributed by atoms with van der Waals surface area (Å²) in [6.07, 6.45) is 13.9. The van der Waals surface area contributed by atoms with Crippen molar-refractivity contribution in [2.24, 2.45) is 5.92 Å². The molecule has 0 radical (unpaired) electrons. The number of carbonyl (C=O) groups is 2. The van der Waals surface area contributed by atoms with Gasteiger partial charge in [0.15, 0.2) is 0 Å². The van der Waals surface area contributed by atoms with Crippen molar-refractivity contribution in [1.29, 1.82) is 0 Å². The fourth-order valence-electron chi connectivity index (χ4n) is 3.78. The highest BCUT2D eigenvalue weighted by Gasteiger charge is 2.21. The summed E-state index contributed by atoms with van der Waals surface area (Å²) in [7, 11) is 1.37. The second-order valence-electron chi connectivity index (χ2n) is 8.98. The van der Waals surface area contributed by atoms with Crippen LogP contribution >= 0.6 is 0 Å². The van der Waals surface area contributed by atoms with Crippen LogP contribution in [0.5, 0.6) is 0 Å². The highest BCUT2D eigenvalue weighted by atomic mass is 16.5. The van der Waals surface area contributed by atoms with E-state index in [2.05, 4.69) is 20.8 Å². The minimum absolute atomic E-state index is 0.00695. The van der Waals surface area contributed by atoms with E-state index in [9.17, 15) is 14.7 Å². The maximum absolute atomic E-state index is 12.1. The Morgan fingerprint density at radius 2 is 1.35 bits per heavy atom. The second kappa shape index (κ2) is 20.7. The number of nitrogens with zero attached hydrogens (tertiary/aromatic N) is 1. The summed E-state index contributed by atoms with van der Waals surface area (Å²) in [6, 6.07) is -0.0700. The van der Waals surface area contributed by atoms with E-state index in [4.69, 9.17) is 9.47 Å². The Balaban J connectivity index is 4.03. The number of unbranched alkanes of at least 4 members (excludes halogenated alkanes) is 9. The van der Waals surface area contributed by atoms with Gasteiger partial charge in [-0.1, -0.05) is 78.6 Å². The van der Waals surface area contributed by atoms with Gasteiger partial charge in [0.25, 0.3) is 0 Å². The van der Waals surface area contributed by atoms with Gasteiger partial charge in [-0.15, -0.1) is 0 Å². The average Bonchev–Trinajstić information content (AvgIpc) is 2.75. The van der Waals surface area contributed by atoms with Gasteiger partial charge < -0.3 is 14.6 Å². The van der Waals surface area contributed by atoms with Crippen LogP contribution in [0.4, 0.5) is 0 Å². The standard InChI is InChI=1S/C25H49NO5/c1-5-6-7-8-9-10-11-12-13-14-19-31-25(29)16-18-26(17-15-24(28)30-4)23(21-27)20-22(2)3/h22-23,27H,5-21H2,1-4H3/t23-/m0/s1. The van der Waals surface area contributed by atoms with Gasteiger partial charge in [0, 0.05) is 19.1 Å². The van der Waals surface area contributed by atoms with Crippen molar-refractivity contribution in [1.82, 2.24) is 4.90 Å². The molecular weight excluding hydrogens is 394 g/mol. The van der Waals surface area contributed by atoms with Crippen molar-refractivity contribution < 1.29 is 24.2 Å². The molecule has 0 saturated heterocycles. The number of aliphatic hydroxyl groups excluding tert-OH is 1. The number of esters is 2. The van der Waals surface area contributed by atoms with Gasteiger partial charge in [-0.05, 0) is 18.8 Å². The molecule has 6 heteroatoms. The molecule has 0 spiro atoms. The van der Waals surface area contributed by atoms with Crippen molar-refractivity contribution in [3.05, 3.63) is 0 Å². The van der Waals surface area contributed by atoms with Crippen LogP contribution in [0.15, 0.2) is 0 Å². The first-order chi connectivity index (χ1) is 14.9. The third-order valence-electron chi connectivity index (χ3n) is 5.67. The van der Waals surface area contributed by atoms with Crippen molar-refractivity contribution in [2.45, 2.75) is 110 Å². The fraction of sp³-hybridized carbons (Fsp3) is 0.920. The van der Waals surface area contributed by atoms with E-state index in [1.54, 1.807) is 0 Å². The first-order valence-electron chi connectivity index (χ1n) is 12.5. The lowest BCUT2D eigenvalue weighted by atomic mass is 10.0. The van der Waals surface area contributed by atoms with Gasteiger partial charge in [-0.25, -0.2) is 0 Å². The Morgan fingerprint density at radius 1 is 0.839 bits per heavy atom. The van der Waals surface area contributed by atoms with Crippen LogP contribution in [0.1, 0.15) is 104 Å². The van der Waals surface area contributed by atoms with E-state index >= 15 is 0 Å². The molecule has 184 valence electrons. The molecule has 0 unspecified atom stereocenters. The van der Waals surface area contributed by atoms with Gasteiger partial charge in [0.1, 0.15) is 0 Å². The highest BCUT2D eigenvalue weighted by Crippen LogP contribution is 2.14. The minimum atomic E-state index is -0.283. The third-order valence-corrected chi connectivity index (χ3v) is 5.67. The SMILES string of the molecule is CCCCCCCCCCCCOC(=O)CCN(CCC(=O)OC)[C@H](CO)CC(C)C. The molecule has 0 aromatic rings. The number of methoxy groups -OCH3 is 1. The Hall–Kier alpha value is -1.14. The Labute approximate surface area is 191 Å². The van der Waals surface area contributed by atoms with E-state index < -0.39 is 0 Å². The monoisotopic (exact) mass is 443 g/mol. The molecule has 31 heavy (non-hydrogen) atoms. The van der Waals surface area contributed by atoms with Crippen LogP contribution in [0, 0.1) is 5.92 Å². The van der Waals surface area contributed by atoms with Gasteiger partial charge in [0.2, 0.25) is 0 Å². The largest absolute Gasteiger partial charge is 0.469 e. The molecule has 0 aromatic heterocycles. The van der Waals surface area contributed by atoms with Gasteiger partial charge in [-0.3, -0.25) is 14.5 Å². The van der Waals surface area contributed by atoms with Crippen molar-refractivity contribution in [3.63, 3.8) is 0 Å². The Bertz CT molecular complexity index is 442. The van der Waals surface area contributed by atoms with E-state index in [0.717, 1.165) is 19.3 Å². The van der Waals surface area contributed by atoms with Gasteiger partial charge in [0.05, 0.1) is 33.2 Å². The topological polar surface area (TPSA) is 76.1 Å². The first-order valence-corrected chi connectivity index (χ1v) is 12.5. The number of hydrogen-bond donors (Lipinski definition) is 1. The second-order valence-corrected chi connectivity index (χ2v) is 8.98. The lowest BCUT2D eigenvalue weighted by Gasteiger charge is -2.31. The summed E-state index contributed by atoms with van der Waals surface area (Å²) < 4.78 is 10.1. The Morgan fingerprint density at radius 3 is 1.84 bits per heavy atom. The maximum atomic E-state index is 12.1. The minimum Gasteiger partial charge on any atom is -0.469 e. The first kappa shape index (κ1) is 29.9. The summed E-state index contributed by atoms with van der Waals surface area (Å²) in [4.78, 5) is 25.7. The van der Waals surface area contributed by atoms with Crippen LogP contribution in [0.2, 0.25) is 0 Å². The van der Waals surface area contributed by atoms with Crippen molar-refractivity contribution >= 4 is 11.9 Å². The zero-order valence-corrected chi connectivity index (χ0v) is 20.7. The van der Waals surface area contributed by atoms with Crippen LogP contribution < -0.4 is 0 Å². The van der Waals surface area contributed by atoms with E-state index in [1.807, 2.05) is 4.90 Å². The van der Waals surface area contributed by atoms with Crippen LogP contribution in [0.25, 0.3) is 0 Å². The predicted octanol–water partition coefficient (Wildman–Crippen LogP) is 5.11. The summed E-state index contributed by atoms with van der Waals surface area (Å²) >= 11 is 0. The number of carbonyl (C=O) groups excluding carboxylic acids is 2. The number of rotatable bonds is 21. The Kier molecular flexibility index (Phi) is 20.0. The predicted molar refractivity (Wildman–Crippen MR) is 126 cm³/mol. The summed E-state index contributed by atoms with van der Waals surface area (Å²) in [6.45, 7) is 7.87. The van der Waals surface area contributed by atoms with Crippen LogP contribution in [-0.2, 0) is 19.1 Å². The third kappa shape index (κ3) is 18.2. The van der Waals surface area contributed by atoms with E-state index in [-0.39, 0.29) is 37.4 Å². The van der Waals surface area contributed by atoms with Gasteiger partial charge >= 0.3 is 11.9 Å². The fourth-order valence-corrected chi connectivity index (χ4v) is 3.78. The number of hydrogen-bond acceptors (Lipinski definition) is 6. The molecule has 0 bridgehead atoms. The molecule has 6 nitrogen and oxygen atoms in total. The number of aliphatic hydroxyl groups is 1. The molecule has 0 fully saturated rings. The quantitative estimate of drug-likeness (QED) is 0.196. The van der Waals surface area contributed by atoms with E-state index in [1.165, 1.54) is 58.5 Å². The van der Waals surface area contributed by atoms with Crippen LogP contribution in [-0.4, -0.2) is 61.4 Å². The zero-order chi connectivity index (χ0) is 23.3. The number of ether oxygens (including phenoxy) is 2. The average molecular weight is 444 g/mol. The summed E-state index contributed by atoms with van der Waals surface area (Å²) in [5.41, 5.74) is 0. The normalized spacial score (nSPS) is 12.4. The molecule has 0 aliphatic rings. The summed E-state index contributed by atoms with van der Waals surface area (Å²) in [5, 5.41) is 9.77. The molecule has 0 amide bonds. The molecule has 1 atom stereocenters. The summed E-state index contributed by atoms with van der Waals surface area (Å²) in [5.74, 6) is -0.0731. The highest BCUT2D eigenvalue weighted by molar-refractivity contribution is 5.70. The zero-order valence-electron chi connectivity index (χ0n) is 20.7.